The lowest BCUT2D eigenvalue weighted by molar-refractivity contribution is -0.384. The molecular formula is C15H9N5O3S2. The van der Waals surface area contributed by atoms with Crippen LogP contribution in [-0.2, 0) is 5.88 Å². The Kier molecular flexibility index (Phi) is 3.90. The van der Waals surface area contributed by atoms with E-state index in [0.717, 1.165) is 4.70 Å². The number of thioether (sulfide) groups is 1. The molecule has 10 heteroatoms. The molecule has 0 radical (unpaired) electrons. The maximum absolute atomic E-state index is 12.4. The van der Waals surface area contributed by atoms with Gasteiger partial charge < -0.3 is 0 Å². The summed E-state index contributed by atoms with van der Waals surface area (Å²) in [5.41, 5.74) is 1.07. The van der Waals surface area contributed by atoms with Crippen molar-refractivity contribution >= 4 is 49.9 Å². The van der Waals surface area contributed by atoms with Crippen LogP contribution in [0, 0.1) is 10.1 Å². The minimum Gasteiger partial charge on any atom is -0.267 e. The molecular weight excluding hydrogens is 362 g/mol. The lowest BCUT2D eigenvalue weighted by Gasteiger charge is -2.02. The van der Waals surface area contributed by atoms with Crippen molar-refractivity contribution in [1.29, 1.82) is 0 Å². The third-order valence-electron chi connectivity index (χ3n) is 3.50. The number of benzene rings is 2. The molecule has 0 saturated heterocycles. The van der Waals surface area contributed by atoms with Crippen LogP contribution in [0.4, 0.5) is 5.69 Å². The number of nitro benzene ring substituents is 1. The second kappa shape index (κ2) is 6.22. The predicted molar refractivity (Wildman–Crippen MR) is 95.9 cm³/mol. The van der Waals surface area contributed by atoms with E-state index in [1.807, 2.05) is 0 Å². The van der Waals surface area contributed by atoms with Gasteiger partial charge in [-0.15, -0.1) is 16.4 Å². The van der Waals surface area contributed by atoms with Crippen LogP contribution in [0.3, 0.4) is 0 Å². The van der Waals surface area contributed by atoms with Crippen molar-refractivity contribution in [1.82, 2.24) is 20.0 Å². The van der Waals surface area contributed by atoms with Crippen molar-refractivity contribution in [2.24, 2.45) is 0 Å². The summed E-state index contributed by atoms with van der Waals surface area (Å²) in [4.78, 5) is 27.2. The Bertz CT molecular complexity index is 1170. The number of rotatable bonds is 4. The zero-order valence-electron chi connectivity index (χ0n) is 12.5. The Labute approximate surface area is 148 Å². The van der Waals surface area contributed by atoms with Gasteiger partial charge in [-0.1, -0.05) is 29.1 Å². The highest BCUT2D eigenvalue weighted by Gasteiger charge is 2.11. The van der Waals surface area contributed by atoms with Gasteiger partial charge in [0.15, 0.2) is 4.34 Å². The third kappa shape index (κ3) is 2.96. The van der Waals surface area contributed by atoms with E-state index in [-0.39, 0.29) is 17.1 Å². The standard InChI is InChI=1S/C15H9N5O3S2/c21-14-10-3-1-2-4-11(10)17-18-19(14)8-24-15-16-12-6-5-9(20(22)23)7-13(12)25-15/h1-7H,8H2. The van der Waals surface area contributed by atoms with Crippen LogP contribution in [0.5, 0.6) is 0 Å². The number of non-ortho nitro benzene ring substituents is 1. The minimum absolute atomic E-state index is 0.0318. The van der Waals surface area contributed by atoms with Crippen molar-refractivity contribution in [2.75, 3.05) is 0 Å². The molecule has 0 saturated carbocycles. The van der Waals surface area contributed by atoms with E-state index in [1.54, 1.807) is 30.3 Å². The lowest BCUT2D eigenvalue weighted by atomic mass is 10.2. The molecule has 0 bridgehead atoms. The molecule has 0 amide bonds. The molecule has 0 fully saturated rings. The molecule has 4 aromatic rings. The van der Waals surface area contributed by atoms with Crippen LogP contribution >= 0.6 is 23.1 Å². The van der Waals surface area contributed by atoms with E-state index in [0.29, 0.717) is 20.8 Å². The minimum atomic E-state index is -0.434. The highest BCUT2D eigenvalue weighted by Crippen LogP contribution is 2.32. The summed E-state index contributed by atoms with van der Waals surface area (Å²) < 4.78 is 2.72. The second-order valence-corrected chi connectivity index (χ2v) is 7.30. The summed E-state index contributed by atoms with van der Waals surface area (Å²) in [6, 6.07) is 11.6. The van der Waals surface area contributed by atoms with Gasteiger partial charge in [0, 0.05) is 12.1 Å². The Morgan fingerprint density at radius 3 is 2.88 bits per heavy atom. The first-order chi connectivity index (χ1) is 12.1. The number of nitro groups is 1. The molecule has 0 aliphatic carbocycles. The fourth-order valence-electron chi connectivity index (χ4n) is 2.29. The predicted octanol–water partition coefficient (Wildman–Crippen LogP) is 3.06. The fourth-order valence-corrected chi connectivity index (χ4v) is 4.25. The molecule has 0 atom stereocenters. The van der Waals surface area contributed by atoms with Gasteiger partial charge in [0.1, 0.15) is 5.52 Å². The van der Waals surface area contributed by atoms with E-state index in [2.05, 4.69) is 15.3 Å². The summed E-state index contributed by atoms with van der Waals surface area (Å²) in [6.07, 6.45) is 0. The van der Waals surface area contributed by atoms with Crippen LogP contribution in [0.1, 0.15) is 0 Å². The van der Waals surface area contributed by atoms with Crippen LogP contribution in [-0.4, -0.2) is 24.9 Å². The summed E-state index contributed by atoms with van der Waals surface area (Å²) >= 11 is 2.68. The van der Waals surface area contributed by atoms with Gasteiger partial charge in [-0.25, -0.2) is 4.98 Å². The zero-order chi connectivity index (χ0) is 17.4. The van der Waals surface area contributed by atoms with Crippen LogP contribution in [0.25, 0.3) is 21.1 Å². The monoisotopic (exact) mass is 371 g/mol. The Morgan fingerprint density at radius 2 is 2.04 bits per heavy atom. The summed E-state index contributed by atoms with van der Waals surface area (Å²) in [6.45, 7) is 0. The van der Waals surface area contributed by atoms with Crippen molar-refractivity contribution in [3.05, 3.63) is 62.9 Å². The van der Waals surface area contributed by atoms with E-state index >= 15 is 0 Å². The lowest BCUT2D eigenvalue weighted by Crippen LogP contribution is -2.23. The highest BCUT2D eigenvalue weighted by atomic mass is 32.2. The van der Waals surface area contributed by atoms with Crippen molar-refractivity contribution < 1.29 is 4.92 Å². The van der Waals surface area contributed by atoms with Gasteiger partial charge in [-0.2, -0.15) is 4.68 Å². The number of fused-ring (bicyclic) bond motifs is 2. The zero-order valence-corrected chi connectivity index (χ0v) is 14.2. The van der Waals surface area contributed by atoms with E-state index in [9.17, 15) is 14.9 Å². The number of hydrogen-bond donors (Lipinski definition) is 0. The molecule has 0 aliphatic heterocycles. The average Bonchev–Trinajstić information content (AvgIpc) is 3.03. The van der Waals surface area contributed by atoms with E-state index in [4.69, 9.17) is 0 Å². The molecule has 2 aromatic heterocycles. The normalized spacial score (nSPS) is 11.2. The van der Waals surface area contributed by atoms with Gasteiger partial charge in [0.25, 0.3) is 11.2 Å². The van der Waals surface area contributed by atoms with Crippen LogP contribution in [0.2, 0.25) is 0 Å². The molecule has 0 spiro atoms. The Morgan fingerprint density at radius 1 is 1.20 bits per heavy atom. The SMILES string of the molecule is O=c1c2ccccc2nnn1CSc1nc2ccc([N+](=O)[O-])cc2s1. The smallest absolute Gasteiger partial charge is 0.267 e. The molecule has 124 valence electrons. The molecule has 0 aliphatic rings. The van der Waals surface area contributed by atoms with Crippen LogP contribution in [0.15, 0.2) is 51.6 Å². The van der Waals surface area contributed by atoms with Crippen molar-refractivity contribution in [3.8, 4) is 0 Å². The largest absolute Gasteiger partial charge is 0.278 e. The topological polar surface area (TPSA) is 104 Å². The number of aromatic nitrogens is 4. The van der Waals surface area contributed by atoms with Gasteiger partial charge in [0.05, 0.1) is 26.4 Å². The maximum atomic E-state index is 12.4. The number of hydrogen-bond acceptors (Lipinski definition) is 8. The molecule has 25 heavy (non-hydrogen) atoms. The molecule has 8 nitrogen and oxygen atoms in total. The van der Waals surface area contributed by atoms with E-state index in [1.165, 1.54) is 39.9 Å². The molecule has 2 aromatic carbocycles. The molecule has 0 N–H and O–H groups in total. The Hall–Kier alpha value is -2.85. The first-order valence-corrected chi connectivity index (χ1v) is 8.92. The van der Waals surface area contributed by atoms with Gasteiger partial charge >= 0.3 is 0 Å². The molecule has 2 heterocycles. The first-order valence-electron chi connectivity index (χ1n) is 7.12. The van der Waals surface area contributed by atoms with Crippen molar-refractivity contribution in [2.45, 2.75) is 10.2 Å². The van der Waals surface area contributed by atoms with Gasteiger partial charge in [-0.05, 0) is 18.2 Å². The number of nitrogens with zero attached hydrogens (tertiary/aromatic N) is 5. The second-order valence-electron chi connectivity index (χ2n) is 5.07. The fraction of sp³-hybridized carbons (Fsp3) is 0.0667. The highest BCUT2D eigenvalue weighted by molar-refractivity contribution is 8.00. The molecule has 0 unspecified atom stereocenters. The van der Waals surface area contributed by atoms with E-state index < -0.39 is 4.92 Å². The quantitative estimate of drug-likeness (QED) is 0.308. The van der Waals surface area contributed by atoms with Crippen molar-refractivity contribution in [3.63, 3.8) is 0 Å². The van der Waals surface area contributed by atoms with Gasteiger partial charge in [-0.3, -0.25) is 14.9 Å². The summed E-state index contributed by atoms with van der Waals surface area (Å²) in [5.74, 6) is 0.262. The molecule has 4 rings (SSSR count). The van der Waals surface area contributed by atoms with Crippen LogP contribution < -0.4 is 5.56 Å². The van der Waals surface area contributed by atoms with Gasteiger partial charge in [0.2, 0.25) is 0 Å². The first kappa shape index (κ1) is 15.7. The third-order valence-corrected chi connectivity index (χ3v) is 5.63. The number of thiazole rings is 1. The summed E-state index contributed by atoms with van der Waals surface area (Å²) in [5, 5.41) is 19.3. The average molecular weight is 371 g/mol. The Balaban J connectivity index is 1.61. The summed E-state index contributed by atoms with van der Waals surface area (Å²) in [7, 11) is 0. The maximum Gasteiger partial charge on any atom is 0.278 e.